The molecule has 1 amide bonds. The van der Waals surface area contributed by atoms with Crippen molar-refractivity contribution in [2.45, 2.75) is 113 Å². The third-order valence-corrected chi connectivity index (χ3v) is 12.5. The van der Waals surface area contributed by atoms with Gasteiger partial charge >= 0.3 is 0 Å². The van der Waals surface area contributed by atoms with Crippen LogP contribution in [0.2, 0.25) is 0 Å². The monoisotopic (exact) mass is 676 g/mol. The molecule has 2 fully saturated rings. The van der Waals surface area contributed by atoms with Crippen LogP contribution in [0, 0.1) is 5.92 Å². The fraction of sp³-hybridized carbons (Fsp3) is 0.523. The van der Waals surface area contributed by atoms with Gasteiger partial charge in [0.15, 0.2) is 11.5 Å². The van der Waals surface area contributed by atoms with E-state index in [1.807, 2.05) is 6.08 Å². The van der Waals surface area contributed by atoms with Crippen molar-refractivity contribution < 1.29 is 19.4 Å². The van der Waals surface area contributed by atoms with Gasteiger partial charge in [-0.15, -0.1) is 6.58 Å². The van der Waals surface area contributed by atoms with Gasteiger partial charge in [-0.1, -0.05) is 86.0 Å². The first kappa shape index (κ1) is 34.7. The molecule has 0 aromatic heterocycles. The maximum atomic E-state index is 14.4. The number of benzene rings is 3. The van der Waals surface area contributed by atoms with E-state index in [9.17, 15) is 9.90 Å². The predicted octanol–water partition coefficient (Wildman–Crippen LogP) is 8.43. The molecule has 5 atom stereocenters. The zero-order valence-electron chi connectivity index (χ0n) is 30.0. The highest BCUT2D eigenvalue weighted by Gasteiger charge is 2.67. The number of carbonyl (C=O) groups excluding carboxylic acids is 1. The Labute approximate surface area is 299 Å². The van der Waals surface area contributed by atoms with Crippen molar-refractivity contribution in [2.24, 2.45) is 5.92 Å². The molecule has 4 aliphatic rings. The summed E-state index contributed by atoms with van der Waals surface area (Å²) in [4.78, 5) is 19.2. The summed E-state index contributed by atoms with van der Waals surface area (Å²) in [6.07, 6.45) is 16.0. The van der Waals surface area contributed by atoms with Crippen molar-refractivity contribution >= 4 is 5.91 Å². The molecule has 3 aromatic rings. The van der Waals surface area contributed by atoms with Gasteiger partial charge < -0.3 is 19.5 Å². The second-order valence-electron chi connectivity index (χ2n) is 15.2. The average molecular weight is 677 g/mol. The van der Waals surface area contributed by atoms with Gasteiger partial charge in [0.2, 0.25) is 5.91 Å². The Morgan fingerprint density at radius 2 is 1.66 bits per heavy atom. The van der Waals surface area contributed by atoms with E-state index in [2.05, 4.69) is 77.0 Å². The Morgan fingerprint density at radius 3 is 2.36 bits per heavy atom. The van der Waals surface area contributed by atoms with Gasteiger partial charge in [-0.3, -0.25) is 9.69 Å². The van der Waals surface area contributed by atoms with E-state index in [0.29, 0.717) is 29.9 Å². The van der Waals surface area contributed by atoms with Gasteiger partial charge in [-0.25, -0.2) is 0 Å². The SMILES string of the molecule is C=CCN1CC[C@]23c4c5c(O)cc(OC)c4O[C@H]2[C@H](N(CCCCc2ccccc2)C(=O)CCCCCCCc2ccccc2)CC[C@H]3[C@H]1C5. The van der Waals surface area contributed by atoms with Crippen LogP contribution in [0.15, 0.2) is 79.4 Å². The first-order valence-electron chi connectivity index (χ1n) is 19.4. The molecule has 3 aromatic carbocycles. The summed E-state index contributed by atoms with van der Waals surface area (Å²) in [5.41, 5.74) is 4.72. The molecule has 1 N–H and O–H groups in total. The molecule has 1 saturated heterocycles. The van der Waals surface area contributed by atoms with Crippen LogP contribution < -0.4 is 9.47 Å². The number of phenols is 1. The number of methoxy groups -OCH3 is 1. The summed E-state index contributed by atoms with van der Waals surface area (Å²) in [5.74, 6) is 2.42. The summed E-state index contributed by atoms with van der Waals surface area (Å²) < 4.78 is 13.0. The van der Waals surface area contributed by atoms with Gasteiger partial charge in [0.05, 0.1) is 13.2 Å². The highest BCUT2D eigenvalue weighted by molar-refractivity contribution is 5.77. The van der Waals surface area contributed by atoms with Crippen molar-refractivity contribution in [1.82, 2.24) is 9.80 Å². The van der Waals surface area contributed by atoms with Gasteiger partial charge in [0.25, 0.3) is 0 Å². The number of rotatable bonds is 17. The topological polar surface area (TPSA) is 62.2 Å². The number of hydrogen-bond acceptors (Lipinski definition) is 5. The highest BCUT2D eigenvalue weighted by atomic mass is 16.5. The van der Waals surface area contributed by atoms with E-state index in [0.717, 1.165) is 95.2 Å². The molecule has 2 aliphatic carbocycles. The Hall–Kier alpha value is -3.77. The van der Waals surface area contributed by atoms with E-state index in [-0.39, 0.29) is 23.5 Å². The number of aromatic hydroxyl groups is 1. The van der Waals surface area contributed by atoms with Crippen molar-refractivity contribution in [2.75, 3.05) is 26.7 Å². The van der Waals surface area contributed by atoms with Crippen molar-refractivity contribution in [3.8, 4) is 17.2 Å². The maximum Gasteiger partial charge on any atom is 0.222 e. The summed E-state index contributed by atoms with van der Waals surface area (Å²) in [7, 11) is 1.66. The molecule has 7 rings (SSSR count). The molecule has 6 nitrogen and oxygen atoms in total. The Kier molecular flexibility index (Phi) is 10.8. The van der Waals surface area contributed by atoms with Gasteiger partial charge in [-0.2, -0.15) is 0 Å². The Balaban J connectivity index is 1.09. The summed E-state index contributed by atoms with van der Waals surface area (Å²) in [6.45, 7) is 6.63. The molecule has 0 radical (unpaired) electrons. The normalized spacial score (nSPS) is 24.7. The quantitative estimate of drug-likeness (QED) is 0.115. The Bertz CT molecular complexity index is 1610. The van der Waals surface area contributed by atoms with Crippen LogP contribution in [0.25, 0.3) is 0 Å². The largest absolute Gasteiger partial charge is 0.508 e. The fourth-order valence-corrected chi connectivity index (χ4v) is 10.2. The fourth-order valence-electron chi connectivity index (χ4n) is 10.2. The average Bonchev–Trinajstić information content (AvgIpc) is 3.48. The second-order valence-corrected chi connectivity index (χ2v) is 15.2. The number of likely N-dealkylation sites (tertiary alicyclic amines) is 1. The summed E-state index contributed by atoms with van der Waals surface area (Å²) in [5, 5.41) is 11.4. The maximum absolute atomic E-state index is 14.4. The minimum atomic E-state index is -0.235. The molecular weight excluding hydrogens is 620 g/mol. The Morgan fingerprint density at radius 1 is 0.980 bits per heavy atom. The van der Waals surface area contributed by atoms with Crippen LogP contribution in [0.4, 0.5) is 0 Å². The third kappa shape index (κ3) is 6.68. The number of carbonyl (C=O) groups is 1. The summed E-state index contributed by atoms with van der Waals surface area (Å²) >= 11 is 0. The first-order valence-corrected chi connectivity index (χ1v) is 19.4. The van der Waals surface area contributed by atoms with Crippen LogP contribution in [-0.2, 0) is 29.5 Å². The van der Waals surface area contributed by atoms with Crippen LogP contribution in [0.1, 0.15) is 92.9 Å². The molecule has 1 spiro atoms. The van der Waals surface area contributed by atoms with Crippen LogP contribution in [0.5, 0.6) is 17.2 Å². The number of ether oxygens (including phenoxy) is 2. The molecule has 2 bridgehead atoms. The number of nitrogens with zero attached hydrogens (tertiary/aromatic N) is 2. The van der Waals surface area contributed by atoms with Crippen molar-refractivity contribution in [3.05, 3.63) is 102 Å². The van der Waals surface area contributed by atoms with Gasteiger partial charge in [0, 0.05) is 48.2 Å². The van der Waals surface area contributed by atoms with Crippen LogP contribution in [-0.4, -0.2) is 65.7 Å². The molecule has 0 unspecified atom stereocenters. The number of hydrogen-bond donors (Lipinski definition) is 1. The molecule has 2 heterocycles. The summed E-state index contributed by atoms with van der Waals surface area (Å²) in [6, 6.07) is 23.5. The standard InChI is InChI=1S/C44H56N2O4/c1-3-27-45-29-26-44-35-24-25-36(43(44)50-42-39(49-2)31-38(47)34(41(42)44)30-37(35)45)46(28-16-15-22-33-20-12-8-13-21-33)40(48)23-14-6-4-5-9-17-32-18-10-7-11-19-32/h3,7-8,10-13,18-21,31,35-37,43,47H,1,4-6,9,14-17,22-30H2,2H3/t35-,36+,37+,43-,44-/m0/s1. The van der Waals surface area contributed by atoms with E-state index < -0.39 is 0 Å². The number of phenolic OH excluding ortho intramolecular Hbond substituents is 1. The zero-order chi connectivity index (χ0) is 34.5. The van der Waals surface area contributed by atoms with E-state index in [1.54, 1.807) is 13.2 Å². The third-order valence-electron chi connectivity index (χ3n) is 12.5. The van der Waals surface area contributed by atoms with E-state index >= 15 is 0 Å². The smallest absolute Gasteiger partial charge is 0.222 e. The van der Waals surface area contributed by atoms with Crippen molar-refractivity contribution in [3.63, 3.8) is 0 Å². The molecule has 1 saturated carbocycles. The van der Waals surface area contributed by atoms with Crippen molar-refractivity contribution in [1.29, 1.82) is 0 Å². The van der Waals surface area contributed by atoms with Crippen LogP contribution >= 0.6 is 0 Å². The molecule has 6 heteroatoms. The highest BCUT2D eigenvalue weighted by Crippen LogP contribution is 2.65. The predicted molar refractivity (Wildman–Crippen MR) is 200 cm³/mol. The zero-order valence-corrected chi connectivity index (χ0v) is 30.0. The van der Waals surface area contributed by atoms with E-state index in [4.69, 9.17) is 9.47 Å². The lowest BCUT2D eigenvalue weighted by Crippen LogP contribution is -2.69. The second kappa shape index (κ2) is 15.6. The molecular formula is C44H56N2O4. The first-order chi connectivity index (χ1) is 24.5. The lowest BCUT2D eigenvalue weighted by molar-refractivity contribution is -0.142. The minimum Gasteiger partial charge on any atom is -0.508 e. The van der Waals surface area contributed by atoms with Gasteiger partial charge in [-0.05, 0) is 87.8 Å². The minimum absolute atomic E-state index is 0.00171. The molecule has 2 aliphatic heterocycles. The molecule has 50 heavy (non-hydrogen) atoms. The molecule has 266 valence electrons. The van der Waals surface area contributed by atoms with E-state index in [1.165, 1.54) is 36.0 Å². The lowest BCUT2D eigenvalue weighted by Gasteiger charge is -2.60. The number of aryl methyl sites for hydroxylation is 2. The van der Waals surface area contributed by atoms with Crippen LogP contribution in [0.3, 0.4) is 0 Å². The van der Waals surface area contributed by atoms with Gasteiger partial charge in [0.1, 0.15) is 11.9 Å². The lowest BCUT2D eigenvalue weighted by atomic mass is 9.50. The number of amides is 1. The number of piperidine rings is 1. The number of unbranched alkanes of at least 4 members (excludes halogenated alkanes) is 5.